The first-order valence-corrected chi connectivity index (χ1v) is 16.5. The van der Waals surface area contributed by atoms with Crippen molar-refractivity contribution in [3.05, 3.63) is 113 Å². The molecule has 1 atom stereocenters. The molecule has 4 aromatic rings. The van der Waals surface area contributed by atoms with Gasteiger partial charge in [-0.2, -0.15) is 0 Å². The highest BCUT2D eigenvalue weighted by Gasteiger charge is 2.31. The molecule has 1 unspecified atom stereocenters. The number of phenolic OH excluding ortho intramolecular Hbond substituents is 1. The molecule has 1 saturated heterocycles. The van der Waals surface area contributed by atoms with Crippen LogP contribution in [0.15, 0.2) is 85.2 Å². The largest absolute Gasteiger partial charge is 0.507 e. The van der Waals surface area contributed by atoms with E-state index in [1.54, 1.807) is 6.07 Å². The van der Waals surface area contributed by atoms with Crippen LogP contribution in [0.5, 0.6) is 5.75 Å². The summed E-state index contributed by atoms with van der Waals surface area (Å²) in [4.78, 5) is 24.1. The molecular formula is C38H38N6O3+2. The molecular weight excluding hydrogens is 588 g/mol. The van der Waals surface area contributed by atoms with Crippen LogP contribution >= 0.6 is 0 Å². The molecule has 3 N–H and O–H groups in total. The van der Waals surface area contributed by atoms with E-state index in [0.29, 0.717) is 18.9 Å². The maximum absolute atomic E-state index is 11.5. The van der Waals surface area contributed by atoms with Crippen molar-refractivity contribution in [1.82, 2.24) is 19.1 Å². The third-order valence-corrected chi connectivity index (χ3v) is 10.1. The number of hydrogen-bond donors (Lipinski definition) is 3. The van der Waals surface area contributed by atoms with E-state index in [0.717, 1.165) is 84.4 Å². The van der Waals surface area contributed by atoms with Crippen molar-refractivity contribution in [3.8, 4) is 11.4 Å². The highest BCUT2D eigenvalue weighted by molar-refractivity contribution is 6.21. The van der Waals surface area contributed by atoms with Gasteiger partial charge in [-0.3, -0.25) is 9.88 Å². The predicted octanol–water partition coefficient (Wildman–Crippen LogP) is 1.75. The van der Waals surface area contributed by atoms with Crippen molar-refractivity contribution in [3.63, 3.8) is 0 Å². The van der Waals surface area contributed by atoms with Gasteiger partial charge in [0.05, 0.1) is 30.1 Å². The maximum atomic E-state index is 11.5. The van der Waals surface area contributed by atoms with Crippen LogP contribution in [0.2, 0.25) is 0 Å². The zero-order valence-corrected chi connectivity index (χ0v) is 26.2. The van der Waals surface area contributed by atoms with E-state index < -0.39 is 0 Å². The molecule has 1 fully saturated rings. The Hall–Kier alpha value is -5.24. The van der Waals surface area contributed by atoms with Crippen molar-refractivity contribution in [2.75, 3.05) is 31.1 Å². The van der Waals surface area contributed by atoms with Crippen LogP contribution in [0.1, 0.15) is 54.8 Å². The number of nitrogens with zero attached hydrogens (tertiary/aromatic N) is 5. The van der Waals surface area contributed by atoms with Gasteiger partial charge in [-0.15, -0.1) is 4.99 Å². The standard InChI is InChI=1S/C38H36N6O3/c45-36-4-2-1-3-31(36)34-23-35-33(40-34)17-22-44(35)29-9-11-32(39-24-29)26-13-18-42(19-14-26)28-15-20-43(21-16-28)27-7-5-25(6-8-27)30-10-12-37(46)41-38(30)47/h1-9,11,13,17,22-24,28,30H,10,12,14-16,18-21H2,(H,41,46,47)/p+2. The number of aromatic hydroxyl groups is 1. The molecule has 8 rings (SSSR count). The number of piperidine rings is 1. The fourth-order valence-corrected chi connectivity index (χ4v) is 7.42. The lowest BCUT2D eigenvalue weighted by Gasteiger charge is -2.40. The second-order valence-corrected chi connectivity index (χ2v) is 12.8. The number of carbonyl (C=O) groups is 1. The predicted molar refractivity (Wildman–Crippen MR) is 182 cm³/mol. The van der Waals surface area contributed by atoms with E-state index in [1.807, 2.05) is 42.7 Å². The van der Waals surface area contributed by atoms with E-state index in [9.17, 15) is 15.0 Å². The molecule has 2 aromatic heterocycles. The molecule has 4 aliphatic heterocycles. The van der Waals surface area contributed by atoms with Crippen LogP contribution in [0, 0.1) is 0 Å². The normalized spacial score (nSPS) is 20.2. The van der Waals surface area contributed by atoms with Gasteiger partial charge in [0.25, 0.3) is 0 Å². The summed E-state index contributed by atoms with van der Waals surface area (Å²) in [5.74, 6) is 0.0540. The smallest absolute Gasteiger partial charge is 0.388 e. The Labute approximate surface area is 272 Å². The molecule has 47 heavy (non-hydrogen) atoms. The molecule has 0 radical (unpaired) electrons. The van der Waals surface area contributed by atoms with Crippen LogP contribution < -0.4 is 25.3 Å². The number of pyridine rings is 1. The third-order valence-electron chi connectivity index (χ3n) is 10.1. The summed E-state index contributed by atoms with van der Waals surface area (Å²) >= 11 is 0. The van der Waals surface area contributed by atoms with Gasteiger partial charge < -0.3 is 19.7 Å². The fourth-order valence-electron chi connectivity index (χ4n) is 7.42. The molecule has 0 saturated carbocycles. The third kappa shape index (κ3) is 5.69. The first kappa shape index (κ1) is 29.2. The molecule has 1 amide bonds. The van der Waals surface area contributed by atoms with E-state index in [2.05, 4.69) is 61.8 Å². The number of anilines is 1. The van der Waals surface area contributed by atoms with Gasteiger partial charge in [0, 0.05) is 50.2 Å². The summed E-state index contributed by atoms with van der Waals surface area (Å²) in [6.45, 7) is 4.04. The SMILES string of the molecule is O=C1CCC(c2ccc(N3CCC(N4CC=C(c5ccc(-n6ccc7c6=CC(c6ccccc6O)=[N+]=7)cn5)CC4)CC3)cc2)C(O)=[NH+]1. The lowest BCUT2D eigenvalue weighted by atomic mass is 9.91. The molecule has 0 aliphatic carbocycles. The number of aliphatic hydroxyl groups is 1. The molecule has 9 nitrogen and oxygen atoms in total. The number of benzene rings is 2. The number of para-hydroxylation sites is 1. The van der Waals surface area contributed by atoms with Crippen molar-refractivity contribution in [2.24, 2.45) is 0 Å². The summed E-state index contributed by atoms with van der Waals surface area (Å²) < 4.78 is 6.83. The van der Waals surface area contributed by atoms with Gasteiger partial charge in [-0.05, 0) is 73.2 Å². The minimum absolute atomic E-state index is 0.0661. The first-order valence-electron chi connectivity index (χ1n) is 16.5. The van der Waals surface area contributed by atoms with E-state index in [1.165, 1.54) is 11.3 Å². The zero-order chi connectivity index (χ0) is 31.9. The Morgan fingerprint density at radius 1 is 0.872 bits per heavy atom. The number of fused-ring (bicyclic) bond motifs is 1. The number of nitrogens with one attached hydrogen (secondary N) is 1. The Morgan fingerprint density at radius 2 is 1.68 bits per heavy atom. The number of phenols is 1. The second-order valence-electron chi connectivity index (χ2n) is 12.8. The van der Waals surface area contributed by atoms with Gasteiger partial charge in [-0.25, -0.2) is 4.79 Å². The number of amides is 1. The second kappa shape index (κ2) is 12.2. The average Bonchev–Trinajstić information content (AvgIpc) is 3.71. The summed E-state index contributed by atoms with van der Waals surface area (Å²) in [6, 6.07) is 22.6. The monoisotopic (exact) mass is 626 g/mol. The van der Waals surface area contributed by atoms with Gasteiger partial charge >= 0.3 is 22.9 Å². The topological polar surface area (TPSA) is 110 Å². The molecule has 4 aliphatic rings. The molecule has 0 spiro atoms. The number of aliphatic hydroxyl groups excluding tert-OH is 1. The lowest BCUT2D eigenvalue weighted by molar-refractivity contribution is -0.393. The Kier molecular flexibility index (Phi) is 7.56. The highest BCUT2D eigenvalue weighted by atomic mass is 16.3. The summed E-state index contributed by atoms with van der Waals surface area (Å²) in [5.41, 5.74) is 7.08. The van der Waals surface area contributed by atoms with E-state index >= 15 is 0 Å². The first-order chi connectivity index (χ1) is 23.0. The maximum Gasteiger partial charge on any atom is 0.388 e. The molecule has 2 aromatic carbocycles. The fraction of sp³-hybridized carbons (Fsp3) is 0.289. The quantitative estimate of drug-likeness (QED) is 0.282. The van der Waals surface area contributed by atoms with Crippen LogP contribution in [-0.2, 0) is 4.79 Å². The molecule has 236 valence electrons. The number of aromatic nitrogens is 2. The Morgan fingerprint density at radius 3 is 2.40 bits per heavy atom. The molecule has 0 bridgehead atoms. The van der Waals surface area contributed by atoms with Crippen LogP contribution in [0.3, 0.4) is 0 Å². The van der Waals surface area contributed by atoms with Gasteiger partial charge in [-0.1, -0.05) is 35.0 Å². The van der Waals surface area contributed by atoms with Crippen LogP contribution in [0.4, 0.5) is 5.69 Å². The Balaban J connectivity index is 0.872. The van der Waals surface area contributed by atoms with Gasteiger partial charge in [0.2, 0.25) is 0 Å². The molecule has 9 heteroatoms. The van der Waals surface area contributed by atoms with Crippen molar-refractivity contribution < 1.29 is 20.0 Å². The minimum atomic E-state index is -0.128. The summed E-state index contributed by atoms with van der Waals surface area (Å²) in [6.07, 6.45) is 12.7. The number of hydrogen-bond acceptors (Lipinski definition) is 5. The number of carbonyl (C=O) groups excluding carboxylic acids is 1. The molecule has 6 heterocycles. The van der Waals surface area contributed by atoms with Crippen molar-refractivity contribution in [2.45, 2.75) is 44.1 Å². The van der Waals surface area contributed by atoms with Crippen molar-refractivity contribution in [1.29, 1.82) is 0 Å². The highest BCUT2D eigenvalue weighted by Crippen LogP contribution is 2.29. The van der Waals surface area contributed by atoms with Crippen LogP contribution in [0.25, 0.3) is 17.3 Å². The Bertz CT molecular complexity index is 2060. The van der Waals surface area contributed by atoms with E-state index in [4.69, 9.17) is 9.65 Å². The zero-order valence-electron chi connectivity index (χ0n) is 26.2. The van der Waals surface area contributed by atoms with Gasteiger partial charge in [0.1, 0.15) is 22.6 Å². The van der Waals surface area contributed by atoms with Gasteiger partial charge in [0.15, 0.2) is 0 Å². The van der Waals surface area contributed by atoms with E-state index in [-0.39, 0.29) is 23.5 Å². The minimum Gasteiger partial charge on any atom is -0.507 e. The summed E-state index contributed by atoms with van der Waals surface area (Å²) in [5, 5.41) is 22.4. The van der Waals surface area contributed by atoms with Crippen LogP contribution in [-0.4, -0.2) is 74.4 Å². The lowest BCUT2D eigenvalue weighted by Crippen LogP contribution is -2.80. The summed E-state index contributed by atoms with van der Waals surface area (Å²) in [7, 11) is 0. The number of rotatable bonds is 6. The van der Waals surface area contributed by atoms with Crippen molar-refractivity contribution >= 4 is 34.9 Å². The average molecular weight is 627 g/mol.